The van der Waals surface area contributed by atoms with Crippen molar-refractivity contribution in [2.75, 3.05) is 33.2 Å². The molecule has 1 unspecified atom stereocenters. The number of aliphatic imine (C=N–C) groups is 1. The summed E-state index contributed by atoms with van der Waals surface area (Å²) in [7, 11) is 2.09. The number of hydrogen-bond donors (Lipinski definition) is 1. The lowest BCUT2D eigenvalue weighted by molar-refractivity contribution is 0.0773. The van der Waals surface area contributed by atoms with Gasteiger partial charge in [0.1, 0.15) is 0 Å². The Balaban J connectivity index is 0.00000338. The number of thiazole rings is 1. The molecule has 0 bridgehead atoms. The van der Waals surface area contributed by atoms with Gasteiger partial charge in [-0.1, -0.05) is 6.92 Å². The molecule has 0 aromatic carbocycles. The SMILES string of the molecule is CCNC(=NCC(C)(C)N1CCCC(C)C1)N(C)Cc1csc(C)n1.I. The molecule has 1 aliphatic rings. The first-order valence-electron chi connectivity index (χ1n) is 9.47. The third-order valence-corrected chi connectivity index (χ3v) is 5.71. The van der Waals surface area contributed by atoms with Gasteiger partial charge in [-0.05, 0) is 53.0 Å². The van der Waals surface area contributed by atoms with Crippen LogP contribution in [0.25, 0.3) is 0 Å². The van der Waals surface area contributed by atoms with Gasteiger partial charge in [-0.15, -0.1) is 35.3 Å². The van der Waals surface area contributed by atoms with Crippen LogP contribution < -0.4 is 5.32 Å². The molecule has 7 heteroatoms. The molecule has 1 aromatic heterocycles. The van der Waals surface area contributed by atoms with E-state index in [0.29, 0.717) is 0 Å². The van der Waals surface area contributed by atoms with Crippen LogP contribution in [0.2, 0.25) is 0 Å². The maximum atomic E-state index is 4.95. The quantitative estimate of drug-likeness (QED) is 0.370. The summed E-state index contributed by atoms with van der Waals surface area (Å²) in [4.78, 5) is 14.3. The highest BCUT2D eigenvalue weighted by Crippen LogP contribution is 2.24. The largest absolute Gasteiger partial charge is 0.357 e. The Bertz CT molecular complexity index is 572. The maximum Gasteiger partial charge on any atom is 0.194 e. The van der Waals surface area contributed by atoms with Gasteiger partial charge in [-0.2, -0.15) is 0 Å². The van der Waals surface area contributed by atoms with E-state index >= 15 is 0 Å². The number of guanidine groups is 1. The number of rotatable bonds is 6. The lowest BCUT2D eigenvalue weighted by Gasteiger charge is -2.42. The Morgan fingerprint density at radius 1 is 1.50 bits per heavy atom. The summed E-state index contributed by atoms with van der Waals surface area (Å²) in [5.41, 5.74) is 1.20. The summed E-state index contributed by atoms with van der Waals surface area (Å²) >= 11 is 1.70. The standard InChI is InChI=1S/C19H35N5S.HI/c1-7-20-18(23(6)12-17-13-25-16(3)22-17)21-14-19(4,5)24-10-8-9-15(2)11-24;/h13,15H,7-12,14H2,1-6H3,(H,20,21);1H. The van der Waals surface area contributed by atoms with Crippen molar-refractivity contribution >= 4 is 41.3 Å². The Morgan fingerprint density at radius 2 is 2.23 bits per heavy atom. The van der Waals surface area contributed by atoms with Gasteiger partial charge in [-0.25, -0.2) is 4.98 Å². The molecule has 150 valence electrons. The molecule has 0 saturated carbocycles. The van der Waals surface area contributed by atoms with Crippen LogP contribution in [0.15, 0.2) is 10.4 Å². The van der Waals surface area contributed by atoms with E-state index in [1.54, 1.807) is 11.3 Å². The lowest BCUT2D eigenvalue weighted by Crippen LogP contribution is -2.51. The van der Waals surface area contributed by atoms with Gasteiger partial charge in [0.05, 0.1) is 23.8 Å². The van der Waals surface area contributed by atoms with Crippen LogP contribution >= 0.6 is 35.3 Å². The van der Waals surface area contributed by atoms with Gasteiger partial charge in [0, 0.05) is 31.1 Å². The van der Waals surface area contributed by atoms with E-state index in [9.17, 15) is 0 Å². The minimum absolute atomic E-state index is 0. The molecule has 1 aromatic rings. The number of aromatic nitrogens is 1. The molecule has 1 aliphatic heterocycles. The first-order chi connectivity index (χ1) is 11.8. The van der Waals surface area contributed by atoms with Crippen molar-refractivity contribution in [2.24, 2.45) is 10.9 Å². The number of piperidine rings is 1. The predicted molar refractivity (Wildman–Crippen MR) is 124 cm³/mol. The summed E-state index contributed by atoms with van der Waals surface area (Å²) in [6, 6.07) is 0. The van der Waals surface area contributed by atoms with Crippen LogP contribution in [0.5, 0.6) is 0 Å². The Hall–Kier alpha value is -0.410. The smallest absolute Gasteiger partial charge is 0.194 e. The topological polar surface area (TPSA) is 43.8 Å². The van der Waals surface area contributed by atoms with Crippen molar-refractivity contribution in [3.05, 3.63) is 16.1 Å². The second-order valence-electron chi connectivity index (χ2n) is 7.89. The molecule has 5 nitrogen and oxygen atoms in total. The minimum Gasteiger partial charge on any atom is -0.357 e. The van der Waals surface area contributed by atoms with Gasteiger partial charge in [-0.3, -0.25) is 9.89 Å². The fraction of sp³-hybridized carbons (Fsp3) is 0.789. The molecule has 0 spiro atoms. The second kappa shape index (κ2) is 10.8. The molecule has 1 saturated heterocycles. The second-order valence-corrected chi connectivity index (χ2v) is 8.95. The fourth-order valence-electron chi connectivity index (χ4n) is 3.38. The van der Waals surface area contributed by atoms with Crippen molar-refractivity contribution < 1.29 is 0 Å². The third-order valence-electron chi connectivity index (χ3n) is 4.89. The van der Waals surface area contributed by atoms with Crippen LogP contribution in [0.4, 0.5) is 0 Å². The number of hydrogen-bond acceptors (Lipinski definition) is 4. The zero-order chi connectivity index (χ0) is 18.4. The van der Waals surface area contributed by atoms with Crippen LogP contribution in [0, 0.1) is 12.8 Å². The number of likely N-dealkylation sites (tertiary alicyclic amines) is 1. The molecular weight excluding hydrogens is 457 g/mol. The van der Waals surface area contributed by atoms with Gasteiger partial charge < -0.3 is 10.2 Å². The van der Waals surface area contributed by atoms with Crippen LogP contribution in [0.1, 0.15) is 51.2 Å². The van der Waals surface area contributed by atoms with Gasteiger partial charge in [0.2, 0.25) is 0 Å². The molecular formula is C19H36IN5S. The van der Waals surface area contributed by atoms with E-state index < -0.39 is 0 Å². The van der Waals surface area contributed by atoms with E-state index in [1.807, 2.05) is 0 Å². The van der Waals surface area contributed by atoms with Gasteiger partial charge in [0.25, 0.3) is 0 Å². The number of aryl methyl sites for hydroxylation is 1. The molecule has 0 aliphatic carbocycles. The third kappa shape index (κ3) is 6.96. The van der Waals surface area contributed by atoms with Crippen LogP contribution in [0.3, 0.4) is 0 Å². The average Bonchev–Trinajstić information content (AvgIpc) is 2.96. The molecule has 2 rings (SSSR count). The summed E-state index contributed by atoms with van der Waals surface area (Å²) < 4.78 is 0. The highest BCUT2D eigenvalue weighted by Gasteiger charge is 2.30. The van der Waals surface area contributed by atoms with E-state index in [-0.39, 0.29) is 29.5 Å². The van der Waals surface area contributed by atoms with Crippen molar-refractivity contribution in [1.82, 2.24) is 20.1 Å². The normalized spacial score (nSPS) is 19.2. The van der Waals surface area contributed by atoms with E-state index in [2.05, 4.69) is 67.1 Å². The summed E-state index contributed by atoms with van der Waals surface area (Å²) in [6.45, 7) is 16.0. The van der Waals surface area contributed by atoms with Crippen molar-refractivity contribution in [2.45, 2.75) is 59.5 Å². The van der Waals surface area contributed by atoms with E-state index in [1.165, 1.54) is 25.9 Å². The summed E-state index contributed by atoms with van der Waals surface area (Å²) in [5, 5.41) is 6.68. The summed E-state index contributed by atoms with van der Waals surface area (Å²) in [5.74, 6) is 1.76. The average molecular weight is 494 g/mol. The Labute approximate surface area is 180 Å². The zero-order valence-corrected chi connectivity index (χ0v) is 20.4. The molecule has 1 fully saturated rings. The fourth-order valence-corrected chi connectivity index (χ4v) is 3.98. The Morgan fingerprint density at radius 3 is 2.81 bits per heavy atom. The predicted octanol–water partition coefficient (Wildman–Crippen LogP) is 3.98. The van der Waals surface area contributed by atoms with Gasteiger partial charge in [0.15, 0.2) is 5.96 Å². The molecule has 1 N–H and O–H groups in total. The molecule has 26 heavy (non-hydrogen) atoms. The van der Waals surface area contributed by atoms with E-state index in [0.717, 1.165) is 42.2 Å². The van der Waals surface area contributed by atoms with Gasteiger partial charge >= 0.3 is 0 Å². The maximum absolute atomic E-state index is 4.95. The molecule has 1 atom stereocenters. The minimum atomic E-state index is 0. The van der Waals surface area contributed by atoms with Crippen LogP contribution in [-0.4, -0.2) is 59.5 Å². The highest BCUT2D eigenvalue weighted by molar-refractivity contribution is 14.0. The van der Waals surface area contributed by atoms with E-state index in [4.69, 9.17) is 4.99 Å². The first-order valence-corrected chi connectivity index (χ1v) is 10.3. The zero-order valence-electron chi connectivity index (χ0n) is 17.2. The Kier molecular flexibility index (Phi) is 9.82. The van der Waals surface area contributed by atoms with Crippen molar-refractivity contribution in [3.8, 4) is 0 Å². The number of nitrogens with one attached hydrogen (secondary N) is 1. The molecule has 2 heterocycles. The van der Waals surface area contributed by atoms with Crippen LogP contribution in [-0.2, 0) is 6.54 Å². The monoisotopic (exact) mass is 493 g/mol. The summed E-state index contributed by atoms with van der Waals surface area (Å²) in [6.07, 6.45) is 2.66. The lowest BCUT2D eigenvalue weighted by atomic mass is 9.94. The molecule has 0 amide bonds. The van der Waals surface area contributed by atoms with Crippen molar-refractivity contribution in [3.63, 3.8) is 0 Å². The number of nitrogens with zero attached hydrogens (tertiary/aromatic N) is 4. The number of halogens is 1. The van der Waals surface area contributed by atoms with Crippen molar-refractivity contribution in [1.29, 1.82) is 0 Å². The first kappa shape index (κ1) is 23.6. The molecule has 0 radical (unpaired) electrons. The highest BCUT2D eigenvalue weighted by atomic mass is 127.